The van der Waals surface area contributed by atoms with Gasteiger partial charge in [-0.15, -0.1) is 11.8 Å². The van der Waals surface area contributed by atoms with Crippen molar-refractivity contribution >= 4 is 17.7 Å². The molecule has 0 radical (unpaired) electrons. The van der Waals surface area contributed by atoms with E-state index in [4.69, 9.17) is 0 Å². The summed E-state index contributed by atoms with van der Waals surface area (Å²) in [6.07, 6.45) is 11.2. The highest BCUT2D eigenvalue weighted by Crippen LogP contribution is 2.60. The largest absolute Gasteiger partial charge is 0.355 e. The molecular weight excluding hydrogens is 304 g/mol. The maximum Gasteiger partial charge on any atom is 0.230 e. The maximum atomic E-state index is 12.3. The normalized spacial score (nSPS) is 42.8. The summed E-state index contributed by atoms with van der Waals surface area (Å²) in [5.74, 6) is 4.56. The fourth-order valence-corrected chi connectivity index (χ4v) is 7.78. The Kier molecular flexibility index (Phi) is 4.66. The average Bonchev–Trinajstić information content (AvgIpc) is 2.50. The zero-order chi connectivity index (χ0) is 15.9. The molecule has 0 unspecified atom stereocenters. The number of rotatable bonds is 5. The van der Waals surface area contributed by atoms with Crippen molar-refractivity contribution in [3.8, 4) is 0 Å². The van der Waals surface area contributed by atoms with Crippen LogP contribution in [0.3, 0.4) is 0 Å². The Hall–Kier alpha value is -0.220. The molecule has 0 aromatic carbocycles. The van der Waals surface area contributed by atoms with E-state index in [9.17, 15) is 4.79 Å². The lowest BCUT2D eigenvalue weighted by Gasteiger charge is -2.56. The lowest BCUT2D eigenvalue weighted by molar-refractivity contribution is -0.118. The van der Waals surface area contributed by atoms with Crippen LogP contribution in [0, 0.1) is 23.7 Å². The van der Waals surface area contributed by atoms with Gasteiger partial charge in [0.05, 0.1) is 5.75 Å². The molecule has 1 atom stereocenters. The minimum absolute atomic E-state index is 0.277. The molecule has 0 aromatic heterocycles. The quantitative estimate of drug-likeness (QED) is 0.837. The number of piperidine rings is 1. The van der Waals surface area contributed by atoms with Crippen LogP contribution in [0.2, 0.25) is 0 Å². The number of amides is 1. The van der Waals surface area contributed by atoms with Crippen molar-refractivity contribution in [3.05, 3.63) is 0 Å². The van der Waals surface area contributed by atoms with Crippen LogP contribution in [0.4, 0.5) is 0 Å². The molecule has 5 rings (SSSR count). The van der Waals surface area contributed by atoms with E-state index >= 15 is 0 Å². The van der Waals surface area contributed by atoms with Gasteiger partial charge in [-0.2, -0.15) is 0 Å². The predicted octanol–water partition coefficient (Wildman–Crippen LogP) is 3.15. The maximum absolute atomic E-state index is 12.3. The van der Waals surface area contributed by atoms with Gasteiger partial charge in [-0.1, -0.05) is 0 Å². The Morgan fingerprint density at radius 2 is 1.83 bits per heavy atom. The fourth-order valence-electron chi connectivity index (χ4n) is 6.18. The van der Waals surface area contributed by atoms with Gasteiger partial charge in [-0.25, -0.2) is 0 Å². The molecule has 5 aliphatic rings. The number of nitrogens with zero attached hydrogens (tertiary/aromatic N) is 1. The first-order valence-corrected chi connectivity index (χ1v) is 10.7. The van der Waals surface area contributed by atoms with Crippen molar-refractivity contribution in [1.29, 1.82) is 0 Å². The zero-order valence-electron chi connectivity index (χ0n) is 14.6. The van der Waals surface area contributed by atoms with Crippen LogP contribution >= 0.6 is 11.8 Å². The summed E-state index contributed by atoms with van der Waals surface area (Å²) in [5.41, 5.74) is 0. The third kappa shape index (κ3) is 3.73. The number of thioether (sulfide) groups is 1. The Balaban J connectivity index is 1.22. The summed E-state index contributed by atoms with van der Waals surface area (Å²) in [6, 6.07) is 0. The predicted molar refractivity (Wildman–Crippen MR) is 96.6 cm³/mol. The second kappa shape index (κ2) is 6.59. The Bertz CT molecular complexity index is 417. The van der Waals surface area contributed by atoms with E-state index in [1.54, 1.807) is 0 Å². The number of likely N-dealkylation sites (tertiary alicyclic amines) is 1. The van der Waals surface area contributed by atoms with Crippen LogP contribution < -0.4 is 5.32 Å². The third-order valence-electron chi connectivity index (χ3n) is 6.80. The number of carbonyl (C=O) groups is 1. The molecule has 0 spiro atoms. The van der Waals surface area contributed by atoms with Crippen LogP contribution in [-0.2, 0) is 4.79 Å². The average molecular weight is 337 g/mol. The molecule has 4 heteroatoms. The van der Waals surface area contributed by atoms with Crippen molar-refractivity contribution in [2.45, 2.75) is 56.1 Å². The lowest BCUT2D eigenvalue weighted by atomic mass is 9.56. The lowest BCUT2D eigenvalue weighted by Crippen LogP contribution is -2.49. The van der Waals surface area contributed by atoms with Gasteiger partial charge in [0.15, 0.2) is 0 Å². The van der Waals surface area contributed by atoms with Gasteiger partial charge >= 0.3 is 0 Å². The van der Waals surface area contributed by atoms with E-state index in [2.05, 4.69) is 17.3 Å². The van der Waals surface area contributed by atoms with Gasteiger partial charge in [0.2, 0.25) is 5.91 Å². The summed E-state index contributed by atoms with van der Waals surface area (Å²) in [6.45, 7) is 3.24. The van der Waals surface area contributed by atoms with Crippen LogP contribution in [0.25, 0.3) is 0 Å². The molecule has 1 heterocycles. The van der Waals surface area contributed by atoms with Gasteiger partial charge < -0.3 is 10.2 Å². The molecule has 1 amide bonds. The number of hydrogen-bond donors (Lipinski definition) is 1. The van der Waals surface area contributed by atoms with Crippen molar-refractivity contribution in [2.24, 2.45) is 23.7 Å². The van der Waals surface area contributed by atoms with E-state index in [0.717, 1.165) is 30.8 Å². The highest BCUT2D eigenvalue weighted by molar-refractivity contribution is 8.01. The Morgan fingerprint density at radius 3 is 2.43 bits per heavy atom. The number of nitrogens with one attached hydrogen (secondary N) is 1. The van der Waals surface area contributed by atoms with Gasteiger partial charge in [-0.3, -0.25) is 4.79 Å². The third-order valence-corrected chi connectivity index (χ3v) is 8.32. The smallest absolute Gasteiger partial charge is 0.230 e. The second-order valence-corrected chi connectivity index (χ2v) is 10.4. The summed E-state index contributed by atoms with van der Waals surface area (Å²) in [4.78, 5) is 14.7. The summed E-state index contributed by atoms with van der Waals surface area (Å²) in [7, 11) is 2.19. The SMILES string of the molecule is CN1CCC[C@@H](CNC(=O)CSC23CC4CC(CC(C4)C2)C3)C1. The highest BCUT2D eigenvalue weighted by Gasteiger charge is 2.51. The molecule has 130 valence electrons. The summed E-state index contributed by atoms with van der Waals surface area (Å²) in [5, 5.41) is 3.22. The molecule has 1 N–H and O–H groups in total. The summed E-state index contributed by atoms with van der Waals surface area (Å²) >= 11 is 2.01. The topological polar surface area (TPSA) is 32.3 Å². The molecule has 4 aliphatic carbocycles. The first kappa shape index (κ1) is 16.3. The fraction of sp³-hybridized carbons (Fsp3) is 0.947. The zero-order valence-corrected chi connectivity index (χ0v) is 15.4. The first-order valence-electron chi connectivity index (χ1n) is 9.69. The van der Waals surface area contributed by atoms with Crippen molar-refractivity contribution in [1.82, 2.24) is 10.2 Å². The molecule has 4 saturated carbocycles. The van der Waals surface area contributed by atoms with Gasteiger partial charge in [0, 0.05) is 17.8 Å². The van der Waals surface area contributed by atoms with Gasteiger partial charge in [0.25, 0.3) is 0 Å². The van der Waals surface area contributed by atoms with E-state index in [0.29, 0.717) is 16.4 Å². The van der Waals surface area contributed by atoms with Crippen LogP contribution in [-0.4, -0.2) is 48.0 Å². The van der Waals surface area contributed by atoms with Crippen molar-refractivity contribution < 1.29 is 4.79 Å². The van der Waals surface area contributed by atoms with E-state index in [1.165, 1.54) is 57.9 Å². The Labute approximate surface area is 145 Å². The second-order valence-electron chi connectivity index (χ2n) is 8.96. The van der Waals surface area contributed by atoms with Crippen LogP contribution in [0.1, 0.15) is 51.4 Å². The van der Waals surface area contributed by atoms with Crippen LogP contribution in [0.5, 0.6) is 0 Å². The summed E-state index contributed by atoms with van der Waals surface area (Å²) < 4.78 is 0.469. The molecular formula is C19H32N2OS. The van der Waals surface area contributed by atoms with Crippen molar-refractivity contribution in [2.75, 3.05) is 32.4 Å². The monoisotopic (exact) mass is 336 g/mol. The molecule has 0 aromatic rings. The molecule has 4 bridgehead atoms. The van der Waals surface area contributed by atoms with Gasteiger partial charge in [0.1, 0.15) is 0 Å². The number of hydrogen-bond acceptors (Lipinski definition) is 3. The Morgan fingerprint density at radius 1 is 1.17 bits per heavy atom. The minimum Gasteiger partial charge on any atom is -0.355 e. The van der Waals surface area contributed by atoms with E-state index in [-0.39, 0.29) is 5.91 Å². The van der Waals surface area contributed by atoms with Gasteiger partial charge in [-0.05, 0) is 88.6 Å². The van der Waals surface area contributed by atoms with Crippen LogP contribution in [0.15, 0.2) is 0 Å². The highest BCUT2D eigenvalue weighted by atomic mass is 32.2. The standard InChI is InChI=1S/C19H32N2OS/c1-21-4-2-3-14(12-21)11-20-18(22)13-23-19-8-15-5-16(9-19)7-17(6-15)10-19/h14-17H,2-13H2,1H3,(H,20,22)/t14-,15?,16?,17?,19?/m0/s1. The number of carbonyl (C=O) groups excluding carboxylic acids is 1. The minimum atomic E-state index is 0.277. The van der Waals surface area contributed by atoms with E-state index in [1.807, 2.05) is 11.8 Å². The molecule has 1 saturated heterocycles. The van der Waals surface area contributed by atoms with Crippen molar-refractivity contribution in [3.63, 3.8) is 0 Å². The van der Waals surface area contributed by atoms with E-state index < -0.39 is 0 Å². The molecule has 23 heavy (non-hydrogen) atoms. The molecule has 1 aliphatic heterocycles. The molecule has 5 fully saturated rings. The molecule has 3 nitrogen and oxygen atoms in total. The first-order chi connectivity index (χ1) is 11.1.